The van der Waals surface area contributed by atoms with Gasteiger partial charge in [0.2, 0.25) is 17.7 Å². The lowest BCUT2D eigenvalue weighted by atomic mass is 9.93. The first-order valence-corrected chi connectivity index (χ1v) is 17.4. The van der Waals surface area contributed by atoms with E-state index in [1.54, 1.807) is 30.3 Å². The number of rotatable bonds is 13. The number of carbonyl (C=O) groups excluding carboxylic acids is 5. The first-order valence-electron chi connectivity index (χ1n) is 17.4. The minimum Gasteiger partial charge on any atom is -0.467 e. The number of unbranched alkanes of at least 4 members (excludes halogenated alkanes) is 1. The fourth-order valence-electron chi connectivity index (χ4n) is 6.13. The van der Waals surface area contributed by atoms with Gasteiger partial charge in [-0.25, -0.2) is 9.48 Å². The molecule has 5 rings (SSSR count). The lowest BCUT2D eigenvalue weighted by Crippen LogP contribution is -2.56. The molecular weight excluding hydrogens is 675 g/mol. The van der Waals surface area contributed by atoms with Crippen molar-refractivity contribution in [2.75, 3.05) is 45.9 Å². The summed E-state index contributed by atoms with van der Waals surface area (Å²) >= 11 is 0. The maximum absolute atomic E-state index is 13.7. The van der Waals surface area contributed by atoms with Gasteiger partial charge in [-0.1, -0.05) is 31.5 Å². The van der Waals surface area contributed by atoms with Crippen LogP contribution in [-0.4, -0.2) is 124 Å². The van der Waals surface area contributed by atoms with Crippen LogP contribution in [0.5, 0.6) is 5.88 Å². The number of carbonyl (C=O) groups is 5. The molecule has 3 aliphatic rings. The fourth-order valence-corrected chi connectivity index (χ4v) is 6.13. The quantitative estimate of drug-likeness (QED) is 0.300. The summed E-state index contributed by atoms with van der Waals surface area (Å²) in [5.74, 6) is -2.71. The Kier molecular flexibility index (Phi) is 12.4. The number of ether oxygens (including phenoxy) is 2. The Morgan fingerprint density at radius 2 is 1.67 bits per heavy atom. The molecule has 2 N–H and O–H groups in total. The standard InChI is InChI=1S/C34H44F3N7O7/c1-2-3-19-50-33(49)42-17-15-41(16-18-42)32(48)26(21-34(35,36)37)39-30(46)25-20-29(44(40-25)24-11-5-4-6-12-24)51-22-28(45)43-14-8-13-27(43)31(47)38-23-9-7-10-23/h4-6,11-12,20,23,26-27H,2-3,7-10,13-19,21-22H2,1H3,(H,38,47)(H,39,46)/t26-,27-/m0/s1. The van der Waals surface area contributed by atoms with E-state index in [0.717, 1.165) is 25.7 Å². The van der Waals surface area contributed by atoms with Gasteiger partial charge in [0.15, 0.2) is 12.3 Å². The number of likely N-dealkylation sites (tertiary alicyclic amines) is 1. The second-order valence-electron chi connectivity index (χ2n) is 12.9. The molecular formula is C34H44F3N7O7. The monoisotopic (exact) mass is 719 g/mol. The normalized spacial score (nSPS) is 18.5. The average molecular weight is 720 g/mol. The summed E-state index contributed by atoms with van der Waals surface area (Å²) < 4.78 is 53.2. The van der Waals surface area contributed by atoms with Crippen molar-refractivity contribution in [1.82, 2.24) is 35.1 Å². The maximum atomic E-state index is 13.7. The minimum atomic E-state index is -4.79. The first kappa shape index (κ1) is 37.4. The fraction of sp³-hybridized carbons (Fsp3) is 0.588. The molecule has 1 aromatic heterocycles. The Bertz CT molecular complexity index is 1540. The molecule has 2 aromatic rings. The van der Waals surface area contributed by atoms with Crippen LogP contribution in [0.25, 0.3) is 5.69 Å². The first-order chi connectivity index (χ1) is 24.4. The summed E-state index contributed by atoms with van der Waals surface area (Å²) in [6, 6.07) is 7.17. The van der Waals surface area contributed by atoms with E-state index in [0.29, 0.717) is 31.5 Å². The molecule has 2 aliphatic heterocycles. The zero-order valence-electron chi connectivity index (χ0n) is 28.5. The van der Waals surface area contributed by atoms with E-state index in [-0.39, 0.29) is 56.3 Å². The number of hydrogen-bond acceptors (Lipinski definition) is 8. The largest absolute Gasteiger partial charge is 0.467 e. The van der Waals surface area contributed by atoms with Crippen molar-refractivity contribution in [3.05, 3.63) is 42.1 Å². The van der Waals surface area contributed by atoms with E-state index < -0.39 is 55.1 Å². The Balaban J connectivity index is 1.26. The van der Waals surface area contributed by atoms with E-state index >= 15 is 0 Å². The molecule has 3 fully saturated rings. The summed E-state index contributed by atoms with van der Waals surface area (Å²) in [6.07, 6.45) is -1.40. The molecule has 5 amide bonds. The molecule has 17 heteroatoms. The molecule has 2 atom stereocenters. The third-order valence-electron chi connectivity index (χ3n) is 9.19. The number of nitrogens with zero attached hydrogens (tertiary/aromatic N) is 5. The van der Waals surface area contributed by atoms with Gasteiger partial charge in [-0.3, -0.25) is 19.2 Å². The topological polar surface area (TPSA) is 155 Å². The highest BCUT2D eigenvalue weighted by molar-refractivity contribution is 5.96. The van der Waals surface area contributed by atoms with Crippen LogP contribution in [0.1, 0.15) is 68.8 Å². The maximum Gasteiger partial charge on any atom is 0.409 e. The summed E-state index contributed by atoms with van der Waals surface area (Å²) in [6.45, 7) is 2.13. The van der Waals surface area contributed by atoms with Gasteiger partial charge in [-0.2, -0.15) is 18.3 Å². The molecule has 0 spiro atoms. The van der Waals surface area contributed by atoms with Gasteiger partial charge in [-0.05, 0) is 50.7 Å². The van der Waals surface area contributed by atoms with Crippen LogP contribution in [-0.2, 0) is 19.1 Å². The minimum absolute atomic E-state index is 0.0410. The van der Waals surface area contributed by atoms with Crippen molar-refractivity contribution in [3.63, 3.8) is 0 Å². The number of hydrogen-bond donors (Lipinski definition) is 2. The third-order valence-corrected chi connectivity index (χ3v) is 9.19. The number of amides is 5. The van der Waals surface area contributed by atoms with E-state index in [1.807, 2.05) is 6.92 Å². The molecule has 51 heavy (non-hydrogen) atoms. The van der Waals surface area contributed by atoms with Crippen LogP contribution in [0.2, 0.25) is 0 Å². The lowest BCUT2D eigenvalue weighted by molar-refractivity contribution is -0.154. The number of piperazine rings is 1. The Morgan fingerprint density at radius 1 is 0.961 bits per heavy atom. The van der Waals surface area contributed by atoms with E-state index in [4.69, 9.17) is 9.47 Å². The van der Waals surface area contributed by atoms with Crippen LogP contribution in [0.3, 0.4) is 0 Å². The van der Waals surface area contributed by atoms with Crippen LogP contribution in [0, 0.1) is 0 Å². The summed E-state index contributed by atoms with van der Waals surface area (Å²) in [4.78, 5) is 69.1. The SMILES string of the molecule is CCCCOC(=O)N1CCN(C(=O)[C@H](CC(F)(F)F)NC(=O)c2cc(OCC(=O)N3CCC[C@H]3C(=O)NC3CCC3)n(-c3ccccc3)n2)CC1. The van der Waals surface area contributed by atoms with E-state index in [2.05, 4.69) is 15.7 Å². The highest BCUT2D eigenvalue weighted by Crippen LogP contribution is 2.26. The van der Waals surface area contributed by atoms with Crippen molar-refractivity contribution in [2.45, 2.75) is 82.6 Å². The second kappa shape index (κ2) is 16.9. The lowest BCUT2D eigenvalue weighted by Gasteiger charge is -2.36. The molecule has 0 bridgehead atoms. The Morgan fingerprint density at radius 3 is 2.31 bits per heavy atom. The summed E-state index contributed by atoms with van der Waals surface area (Å²) in [5, 5.41) is 9.44. The predicted octanol–water partition coefficient (Wildman–Crippen LogP) is 3.04. The molecule has 0 unspecified atom stereocenters. The number of halogens is 3. The predicted molar refractivity (Wildman–Crippen MR) is 176 cm³/mol. The molecule has 1 saturated carbocycles. The average Bonchev–Trinajstić information content (AvgIpc) is 3.76. The smallest absolute Gasteiger partial charge is 0.409 e. The summed E-state index contributed by atoms with van der Waals surface area (Å²) in [5.41, 5.74) is 0.0896. The molecule has 2 saturated heterocycles. The summed E-state index contributed by atoms with van der Waals surface area (Å²) in [7, 11) is 0. The molecule has 1 aromatic carbocycles. The van der Waals surface area contributed by atoms with Crippen LogP contribution < -0.4 is 15.4 Å². The highest BCUT2D eigenvalue weighted by Gasteiger charge is 2.40. The van der Waals surface area contributed by atoms with Crippen molar-refractivity contribution in [3.8, 4) is 11.6 Å². The molecule has 14 nitrogen and oxygen atoms in total. The van der Waals surface area contributed by atoms with Crippen LogP contribution in [0.4, 0.5) is 18.0 Å². The number of aromatic nitrogens is 2. The number of para-hydroxylation sites is 1. The van der Waals surface area contributed by atoms with Crippen LogP contribution >= 0.6 is 0 Å². The Hall–Kier alpha value is -4.83. The van der Waals surface area contributed by atoms with Gasteiger partial charge in [-0.15, -0.1) is 0 Å². The van der Waals surface area contributed by atoms with Gasteiger partial charge >= 0.3 is 12.3 Å². The number of alkyl halides is 3. The van der Waals surface area contributed by atoms with E-state index in [1.165, 1.54) is 25.4 Å². The zero-order chi connectivity index (χ0) is 36.5. The molecule has 278 valence electrons. The Labute approximate surface area is 293 Å². The third kappa shape index (κ3) is 9.91. The number of nitrogens with one attached hydrogen (secondary N) is 2. The van der Waals surface area contributed by atoms with Gasteiger partial charge in [0.05, 0.1) is 18.7 Å². The van der Waals surface area contributed by atoms with Gasteiger partial charge in [0.25, 0.3) is 11.8 Å². The highest BCUT2D eigenvalue weighted by atomic mass is 19.4. The molecule has 3 heterocycles. The van der Waals surface area contributed by atoms with Crippen molar-refractivity contribution >= 4 is 29.7 Å². The zero-order valence-corrected chi connectivity index (χ0v) is 28.5. The van der Waals surface area contributed by atoms with Crippen molar-refractivity contribution < 1.29 is 46.6 Å². The number of benzene rings is 1. The van der Waals surface area contributed by atoms with Crippen LogP contribution in [0.15, 0.2) is 36.4 Å². The van der Waals surface area contributed by atoms with Crippen molar-refractivity contribution in [2.24, 2.45) is 0 Å². The van der Waals surface area contributed by atoms with Crippen molar-refractivity contribution in [1.29, 1.82) is 0 Å². The molecule has 0 radical (unpaired) electrons. The van der Waals surface area contributed by atoms with E-state index in [9.17, 15) is 37.1 Å². The van der Waals surface area contributed by atoms with Gasteiger partial charge in [0, 0.05) is 44.8 Å². The second-order valence-corrected chi connectivity index (χ2v) is 12.9. The van der Waals surface area contributed by atoms with Gasteiger partial charge < -0.3 is 34.8 Å². The van der Waals surface area contributed by atoms with Gasteiger partial charge in [0.1, 0.15) is 12.1 Å². The molecule has 1 aliphatic carbocycles.